The van der Waals surface area contributed by atoms with Gasteiger partial charge in [0, 0.05) is 5.38 Å². The molecule has 0 aromatic carbocycles. The number of aliphatic carboxylic acids is 1. The van der Waals surface area contributed by atoms with Crippen LogP contribution >= 0.6 is 11.3 Å². The molecule has 0 aliphatic rings. The first kappa shape index (κ1) is 12.4. The molecule has 10 heteroatoms. The van der Waals surface area contributed by atoms with Crippen molar-refractivity contribution in [3.8, 4) is 0 Å². The number of oxime groups is 1. The molecule has 0 bridgehead atoms. The second-order valence-electron chi connectivity index (χ2n) is 2.67. The molecule has 88 valence electrons. The molecule has 16 heavy (non-hydrogen) atoms. The topological polar surface area (TPSA) is 129 Å². The first-order valence-corrected chi connectivity index (χ1v) is 6.49. The van der Waals surface area contributed by atoms with Crippen molar-refractivity contribution in [2.75, 3.05) is 11.0 Å². The number of carboxylic acid groups (broad SMARTS) is 1. The fraction of sp³-hybridized carbons (Fsp3) is 0.167. The minimum absolute atomic E-state index is 0.0000926. The van der Waals surface area contributed by atoms with E-state index in [9.17, 15) is 13.2 Å². The standard InChI is InChI=1S/C6H7N3O5S2/c1-16(13,14)9-6-7-3(2-15-6)4(8-12)5(10)11/h2,12H,1H3,(H,7,9)(H,10,11). The number of nitrogens with one attached hydrogen (secondary N) is 1. The van der Waals surface area contributed by atoms with E-state index in [2.05, 4.69) is 14.9 Å². The molecule has 0 saturated carbocycles. The molecular weight excluding hydrogens is 258 g/mol. The van der Waals surface area contributed by atoms with Gasteiger partial charge in [-0.05, 0) is 0 Å². The molecule has 0 aliphatic heterocycles. The average molecular weight is 265 g/mol. The van der Waals surface area contributed by atoms with Crippen LogP contribution in [0.1, 0.15) is 5.69 Å². The summed E-state index contributed by atoms with van der Waals surface area (Å²) in [6.45, 7) is 0. The molecule has 3 N–H and O–H groups in total. The lowest BCUT2D eigenvalue weighted by Gasteiger charge is -1.96. The highest BCUT2D eigenvalue weighted by atomic mass is 32.2. The van der Waals surface area contributed by atoms with Crippen molar-refractivity contribution in [3.05, 3.63) is 11.1 Å². The van der Waals surface area contributed by atoms with Crippen LogP contribution in [0.3, 0.4) is 0 Å². The second kappa shape index (κ2) is 4.45. The van der Waals surface area contributed by atoms with E-state index in [1.165, 1.54) is 5.38 Å². The predicted octanol–water partition coefficient (Wildman–Crippen LogP) is -0.223. The maximum atomic E-state index is 10.8. The van der Waals surface area contributed by atoms with Gasteiger partial charge in [0.1, 0.15) is 5.69 Å². The largest absolute Gasteiger partial charge is 0.476 e. The number of anilines is 1. The molecule has 8 nitrogen and oxygen atoms in total. The normalized spacial score (nSPS) is 12.4. The number of aromatic nitrogens is 1. The van der Waals surface area contributed by atoms with Crippen LogP contribution in [0, 0.1) is 0 Å². The van der Waals surface area contributed by atoms with Gasteiger partial charge in [0.05, 0.1) is 6.26 Å². The summed E-state index contributed by atoms with van der Waals surface area (Å²) in [6.07, 6.45) is 0.937. The number of nitrogens with zero attached hydrogens (tertiary/aromatic N) is 2. The molecular formula is C6H7N3O5S2. The molecule has 0 aliphatic carbocycles. The van der Waals surface area contributed by atoms with E-state index in [1.807, 2.05) is 0 Å². The minimum atomic E-state index is -3.47. The monoisotopic (exact) mass is 265 g/mol. The molecule has 1 aromatic heterocycles. The van der Waals surface area contributed by atoms with E-state index in [-0.39, 0.29) is 10.8 Å². The fourth-order valence-electron chi connectivity index (χ4n) is 0.792. The van der Waals surface area contributed by atoms with Crippen LogP contribution in [0.5, 0.6) is 0 Å². The zero-order valence-electron chi connectivity index (χ0n) is 7.91. The maximum absolute atomic E-state index is 10.8. The summed E-state index contributed by atoms with van der Waals surface area (Å²) in [5, 5.41) is 20.8. The van der Waals surface area contributed by atoms with E-state index in [1.54, 1.807) is 0 Å². The van der Waals surface area contributed by atoms with Gasteiger partial charge in [-0.3, -0.25) is 4.72 Å². The lowest BCUT2D eigenvalue weighted by atomic mass is 10.3. The Kier molecular flexibility index (Phi) is 3.44. The van der Waals surface area contributed by atoms with Crippen LogP contribution in [0.15, 0.2) is 10.5 Å². The third-order valence-electron chi connectivity index (χ3n) is 1.32. The maximum Gasteiger partial charge on any atom is 0.360 e. The molecule has 1 rings (SSSR count). The van der Waals surface area contributed by atoms with E-state index in [0.717, 1.165) is 17.6 Å². The van der Waals surface area contributed by atoms with E-state index < -0.39 is 21.7 Å². The quantitative estimate of drug-likeness (QED) is 0.392. The Bertz CT molecular complexity index is 532. The molecule has 0 spiro atoms. The summed E-state index contributed by atoms with van der Waals surface area (Å²) in [4.78, 5) is 14.2. The van der Waals surface area contributed by atoms with E-state index >= 15 is 0 Å². The van der Waals surface area contributed by atoms with Gasteiger partial charge in [-0.1, -0.05) is 5.16 Å². The number of rotatable bonds is 4. The third kappa shape index (κ3) is 3.17. The Morgan fingerprint density at radius 1 is 1.62 bits per heavy atom. The molecule has 0 atom stereocenters. The van der Waals surface area contributed by atoms with Crippen LogP contribution in [-0.2, 0) is 14.8 Å². The van der Waals surface area contributed by atoms with Crippen LogP contribution < -0.4 is 4.72 Å². The fourth-order valence-corrected chi connectivity index (χ4v) is 2.34. The van der Waals surface area contributed by atoms with Crippen LogP contribution in [0.2, 0.25) is 0 Å². The second-order valence-corrected chi connectivity index (χ2v) is 5.27. The Balaban J connectivity index is 3.00. The van der Waals surface area contributed by atoms with Gasteiger partial charge < -0.3 is 10.3 Å². The number of carbonyl (C=O) groups is 1. The Labute approximate surface area is 94.3 Å². The summed E-state index contributed by atoms with van der Waals surface area (Å²) in [5.41, 5.74) is -0.774. The molecule has 0 amide bonds. The van der Waals surface area contributed by atoms with Crippen LogP contribution in [0.4, 0.5) is 5.13 Å². The summed E-state index contributed by atoms with van der Waals surface area (Å²) in [6, 6.07) is 0. The van der Waals surface area contributed by atoms with E-state index in [0.29, 0.717) is 0 Å². The number of hydrogen-bond donors (Lipinski definition) is 3. The lowest BCUT2D eigenvalue weighted by molar-refractivity contribution is -0.129. The van der Waals surface area contributed by atoms with Crippen LogP contribution in [-0.4, -0.2) is 41.7 Å². The summed E-state index contributed by atoms with van der Waals surface area (Å²) >= 11 is 0.881. The highest BCUT2D eigenvalue weighted by molar-refractivity contribution is 7.92. The van der Waals surface area contributed by atoms with Crippen molar-refractivity contribution in [1.82, 2.24) is 4.98 Å². The van der Waals surface area contributed by atoms with E-state index in [4.69, 9.17) is 10.3 Å². The van der Waals surface area contributed by atoms with Crippen molar-refractivity contribution < 1.29 is 23.5 Å². The molecule has 0 saturated heterocycles. The zero-order valence-corrected chi connectivity index (χ0v) is 9.54. The van der Waals surface area contributed by atoms with Gasteiger partial charge in [-0.15, -0.1) is 11.3 Å². The number of carboxylic acids is 1. The van der Waals surface area contributed by atoms with Crippen molar-refractivity contribution in [3.63, 3.8) is 0 Å². The highest BCUT2D eigenvalue weighted by Crippen LogP contribution is 2.17. The van der Waals surface area contributed by atoms with Gasteiger partial charge in [0.2, 0.25) is 15.7 Å². The number of thiazole rings is 1. The lowest BCUT2D eigenvalue weighted by Crippen LogP contribution is -2.15. The Hall–Kier alpha value is -1.68. The molecule has 1 aromatic rings. The summed E-state index contributed by atoms with van der Waals surface area (Å²) in [5.74, 6) is -1.46. The SMILES string of the molecule is CS(=O)(=O)Nc1nc(C(=NO)C(=O)O)cs1. The van der Waals surface area contributed by atoms with Crippen molar-refractivity contribution in [2.24, 2.45) is 5.16 Å². The van der Waals surface area contributed by atoms with Crippen molar-refractivity contribution in [2.45, 2.75) is 0 Å². The average Bonchev–Trinajstić information content (AvgIpc) is 2.50. The molecule has 0 unspecified atom stereocenters. The van der Waals surface area contributed by atoms with Gasteiger partial charge in [-0.25, -0.2) is 18.2 Å². The molecule has 0 radical (unpaired) electrons. The Morgan fingerprint density at radius 3 is 2.69 bits per heavy atom. The van der Waals surface area contributed by atoms with Gasteiger partial charge >= 0.3 is 5.97 Å². The molecule has 1 heterocycles. The predicted molar refractivity (Wildman–Crippen MR) is 56.5 cm³/mol. The zero-order chi connectivity index (χ0) is 12.3. The summed E-state index contributed by atoms with van der Waals surface area (Å²) < 4.78 is 23.8. The highest BCUT2D eigenvalue weighted by Gasteiger charge is 2.17. The summed E-state index contributed by atoms with van der Waals surface area (Å²) in [7, 11) is -3.47. The first-order valence-electron chi connectivity index (χ1n) is 3.72. The number of hydrogen-bond acceptors (Lipinski definition) is 7. The van der Waals surface area contributed by atoms with Gasteiger partial charge in [-0.2, -0.15) is 0 Å². The smallest absolute Gasteiger partial charge is 0.360 e. The van der Waals surface area contributed by atoms with Crippen LogP contribution in [0.25, 0.3) is 0 Å². The van der Waals surface area contributed by atoms with Gasteiger partial charge in [0.25, 0.3) is 0 Å². The minimum Gasteiger partial charge on any atom is -0.476 e. The first-order chi connectivity index (χ1) is 7.33. The molecule has 0 fully saturated rings. The third-order valence-corrected chi connectivity index (χ3v) is 2.77. The Morgan fingerprint density at radius 2 is 2.25 bits per heavy atom. The van der Waals surface area contributed by atoms with Crippen molar-refractivity contribution in [1.29, 1.82) is 0 Å². The van der Waals surface area contributed by atoms with Crippen molar-refractivity contribution >= 4 is 38.2 Å². The number of sulfonamides is 1. The van der Waals surface area contributed by atoms with Gasteiger partial charge in [0.15, 0.2) is 5.13 Å².